The van der Waals surface area contributed by atoms with Gasteiger partial charge in [0.1, 0.15) is 6.29 Å². The zero-order chi connectivity index (χ0) is 11.4. The van der Waals surface area contributed by atoms with Crippen molar-refractivity contribution in [3.63, 3.8) is 0 Å². The fraction of sp³-hybridized carbons (Fsp3) is 0.286. The van der Waals surface area contributed by atoms with E-state index in [1.165, 1.54) is 0 Å². The van der Waals surface area contributed by atoms with E-state index < -0.39 is 0 Å². The van der Waals surface area contributed by atoms with E-state index in [2.05, 4.69) is 0 Å². The third kappa shape index (κ3) is 2.66. The molecule has 1 aromatic rings. The summed E-state index contributed by atoms with van der Waals surface area (Å²) in [6.45, 7) is 0. The number of carbonyl (C=O) groups excluding carboxylic acids is 2. The molecule has 0 spiro atoms. The van der Waals surface area contributed by atoms with Crippen molar-refractivity contribution in [1.29, 1.82) is 0 Å². The van der Waals surface area contributed by atoms with Crippen molar-refractivity contribution in [1.82, 2.24) is 0 Å². The van der Waals surface area contributed by atoms with Crippen LogP contribution in [0.4, 0.5) is 0 Å². The lowest BCUT2D eigenvalue weighted by atomic mass is 10.0. The van der Waals surface area contributed by atoms with Gasteiger partial charge in [-0.05, 0) is 18.4 Å². The summed E-state index contributed by atoms with van der Waals surface area (Å²) in [5.41, 5.74) is 1.82. The normalized spacial score (nSPS) is 15.2. The number of aldehydes is 1. The Morgan fingerprint density at radius 2 is 1.94 bits per heavy atom. The molecule has 1 fully saturated rings. The summed E-state index contributed by atoms with van der Waals surface area (Å²) in [6.07, 6.45) is 7.08. The number of allylic oxidation sites excluding steroid dienone is 1. The third-order valence-electron chi connectivity index (χ3n) is 2.69. The average Bonchev–Trinajstić information content (AvgIpc) is 3.13. The van der Waals surface area contributed by atoms with Crippen molar-refractivity contribution >= 4 is 18.1 Å². The highest BCUT2D eigenvalue weighted by atomic mass is 16.1. The minimum absolute atomic E-state index is 0.267. The van der Waals surface area contributed by atoms with Gasteiger partial charge >= 0.3 is 0 Å². The lowest BCUT2D eigenvalue weighted by Gasteiger charge is -1.99. The molecular formula is C14H14O2. The first-order chi connectivity index (χ1) is 7.81. The predicted octanol–water partition coefficient (Wildman–Crippen LogP) is 2.88. The van der Waals surface area contributed by atoms with E-state index in [9.17, 15) is 9.59 Å². The molecule has 2 nitrogen and oxygen atoms in total. The van der Waals surface area contributed by atoms with Crippen molar-refractivity contribution in [3.05, 3.63) is 41.5 Å². The zero-order valence-corrected chi connectivity index (χ0v) is 9.06. The Hall–Kier alpha value is -1.70. The van der Waals surface area contributed by atoms with E-state index in [0.717, 1.165) is 30.3 Å². The van der Waals surface area contributed by atoms with E-state index in [4.69, 9.17) is 0 Å². The summed E-state index contributed by atoms with van der Waals surface area (Å²) in [7, 11) is 0. The van der Waals surface area contributed by atoms with Crippen molar-refractivity contribution < 1.29 is 9.59 Å². The van der Waals surface area contributed by atoms with Crippen LogP contribution in [0, 0.1) is 5.92 Å². The number of hydrogen-bond donors (Lipinski definition) is 0. The summed E-state index contributed by atoms with van der Waals surface area (Å²) in [6, 6.07) is 7.55. The molecule has 1 aromatic carbocycles. The monoisotopic (exact) mass is 214 g/mol. The Labute approximate surface area is 95.0 Å². The molecule has 82 valence electrons. The molecule has 0 amide bonds. The molecule has 2 rings (SSSR count). The van der Waals surface area contributed by atoms with Crippen LogP contribution in [0.25, 0.3) is 6.08 Å². The van der Waals surface area contributed by atoms with Crippen LogP contribution in [0.5, 0.6) is 0 Å². The van der Waals surface area contributed by atoms with Crippen LogP contribution in [-0.2, 0) is 4.79 Å². The summed E-state index contributed by atoms with van der Waals surface area (Å²) in [5, 5.41) is 0. The second-order valence-corrected chi connectivity index (χ2v) is 4.07. The lowest BCUT2D eigenvalue weighted by Crippen LogP contribution is -2.00. The molecule has 2 heteroatoms. The summed E-state index contributed by atoms with van der Waals surface area (Å²) in [4.78, 5) is 21.8. The van der Waals surface area contributed by atoms with Crippen LogP contribution in [0.1, 0.15) is 35.2 Å². The number of Topliss-reactive ketones (excluding diaryl/α,β-unsaturated/α-hetero) is 1. The Morgan fingerprint density at radius 3 is 2.50 bits per heavy atom. The fourth-order valence-electron chi connectivity index (χ4n) is 1.60. The van der Waals surface area contributed by atoms with Gasteiger partial charge in [0.05, 0.1) is 0 Å². The van der Waals surface area contributed by atoms with Gasteiger partial charge in [0, 0.05) is 17.9 Å². The second-order valence-electron chi connectivity index (χ2n) is 4.07. The molecule has 1 aliphatic rings. The molecule has 0 aliphatic heterocycles. The highest BCUT2D eigenvalue weighted by Gasteiger charge is 2.30. The topological polar surface area (TPSA) is 34.1 Å². The number of carbonyl (C=O) groups is 2. The van der Waals surface area contributed by atoms with E-state index in [-0.39, 0.29) is 11.7 Å². The second kappa shape index (κ2) is 4.88. The first-order valence-electron chi connectivity index (χ1n) is 5.55. The van der Waals surface area contributed by atoms with E-state index in [1.807, 2.05) is 36.4 Å². The molecule has 0 radical (unpaired) electrons. The highest BCUT2D eigenvalue weighted by Crippen LogP contribution is 2.32. The predicted molar refractivity (Wildman–Crippen MR) is 63.2 cm³/mol. The molecule has 1 aliphatic carbocycles. The first-order valence-corrected chi connectivity index (χ1v) is 5.55. The van der Waals surface area contributed by atoms with Crippen LogP contribution in [0.3, 0.4) is 0 Å². The number of ketones is 1. The minimum Gasteiger partial charge on any atom is -0.303 e. The van der Waals surface area contributed by atoms with Crippen LogP contribution in [-0.4, -0.2) is 12.1 Å². The van der Waals surface area contributed by atoms with Gasteiger partial charge < -0.3 is 4.79 Å². The van der Waals surface area contributed by atoms with Gasteiger partial charge in [-0.25, -0.2) is 0 Å². The van der Waals surface area contributed by atoms with Crippen molar-refractivity contribution in [2.75, 3.05) is 0 Å². The molecule has 16 heavy (non-hydrogen) atoms. The van der Waals surface area contributed by atoms with Crippen molar-refractivity contribution in [3.8, 4) is 0 Å². The van der Waals surface area contributed by atoms with Gasteiger partial charge in [0.2, 0.25) is 0 Å². The van der Waals surface area contributed by atoms with Gasteiger partial charge in [0.25, 0.3) is 0 Å². The van der Waals surface area contributed by atoms with Crippen LogP contribution >= 0.6 is 0 Å². The van der Waals surface area contributed by atoms with Gasteiger partial charge in [-0.1, -0.05) is 36.4 Å². The van der Waals surface area contributed by atoms with Gasteiger partial charge in [-0.15, -0.1) is 0 Å². The molecule has 0 saturated heterocycles. The van der Waals surface area contributed by atoms with Crippen LogP contribution in [0.15, 0.2) is 30.3 Å². The van der Waals surface area contributed by atoms with Crippen molar-refractivity contribution in [2.45, 2.75) is 19.3 Å². The summed E-state index contributed by atoms with van der Waals surface area (Å²) in [5.74, 6) is 0.542. The Morgan fingerprint density at radius 1 is 1.25 bits per heavy atom. The molecule has 1 saturated carbocycles. The molecule has 0 aromatic heterocycles. The fourth-order valence-corrected chi connectivity index (χ4v) is 1.60. The van der Waals surface area contributed by atoms with Crippen LogP contribution in [0.2, 0.25) is 0 Å². The number of hydrogen-bond acceptors (Lipinski definition) is 2. The lowest BCUT2D eigenvalue weighted by molar-refractivity contribution is -0.107. The zero-order valence-electron chi connectivity index (χ0n) is 9.06. The van der Waals surface area contributed by atoms with E-state index in [0.29, 0.717) is 6.42 Å². The van der Waals surface area contributed by atoms with Crippen molar-refractivity contribution in [2.24, 2.45) is 5.92 Å². The maximum absolute atomic E-state index is 11.7. The van der Waals surface area contributed by atoms with E-state index >= 15 is 0 Å². The molecular weight excluding hydrogens is 200 g/mol. The minimum atomic E-state index is 0.267. The molecule has 0 unspecified atom stereocenters. The van der Waals surface area contributed by atoms with Gasteiger partial charge in [0.15, 0.2) is 5.78 Å². The quantitative estimate of drug-likeness (QED) is 0.558. The first kappa shape index (κ1) is 10.8. The standard InChI is InChI=1S/C14H14O2/c15-10-2-1-3-11-4-6-12(7-5-11)14(16)13-8-9-13/h1,3-7,10,13H,2,8-9H2. The Bertz CT molecular complexity index is 411. The molecule has 0 heterocycles. The Kier molecular flexibility index (Phi) is 3.30. The molecule has 0 N–H and O–H groups in total. The smallest absolute Gasteiger partial charge is 0.165 e. The average molecular weight is 214 g/mol. The largest absolute Gasteiger partial charge is 0.303 e. The van der Waals surface area contributed by atoms with Gasteiger partial charge in [-0.2, -0.15) is 0 Å². The SMILES string of the molecule is O=CCC=Cc1ccc(C(=O)C2CC2)cc1. The maximum atomic E-state index is 11.7. The maximum Gasteiger partial charge on any atom is 0.165 e. The third-order valence-corrected chi connectivity index (χ3v) is 2.69. The molecule has 0 bridgehead atoms. The molecule has 0 atom stereocenters. The summed E-state index contributed by atoms with van der Waals surface area (Å²) < 4.78 is 0. The number of benzene rings is 1. The Balaban J connectivity index is 2.03. The highest BCUT2D eigenvalue weighted by molar-refractivity contribution is 5.99. The summed E-state index contributed by atoms with van der Waals surface area (Å²) >= 11 is 0. The number of rotatable bonds is 5. The van der Waals surface area contributed by atoms with Gasteiger partial charge in [-0.3, -0.25) is 4.79 Å². The van der Waals surface area contributed by atoms with Crippen LogP contribution < -0.4 is 0 Å². The van der Waals surface area contributed by atoms with E-state index in [1.54, 1.807) is 0 Å².